The van der Waals surface area contributed by atoms with E-state index >= 15 is 0 Å². The van der Waals surface area contributed by atoms with Crippen LogP contribution >= 0.6 is 11.3 Å². The molecule has 2 aliphatic rings. The molecule has 0 radical (unpaired) electrons. The first kappa shape index (κ1) is 21.9. The summed E-state index contributed by atoms with van der Waals surface area (Å²) in [5.41, 5.74) is 1.98. The van der Waals surface area contributed by atoms with Crippen molar-refractivity contribution in [2.24, 2.45) is 5.92 Å². The van der Waals surface area contributed by atoms with Gasteiger partial charge in [-0.3, -0.25) is 9.59 Å². The summed E-state index contributed by atoms with van der Waals surface area (Å²) in [5.74, 6) is 1.01. The summed E-state index contributed by atoms with van der Waals surface area (Å²) in [7, 11) is 0. The summed E-state index contributed by atoms with van der Waals surface area (Å²) in [5, 5.41) is 2.09. The summed E-state index contributed by atoms with van der Waals surface area (Å²) in [6.07, 6.45) is 2.73. The van der Waals surface area contributed by atoms with Crippen LogP contribution in [0, 0.1) is 12.8 Å². The molecule has 0 N–H and O–H groups in total. The van der Waals surface area contributed by atoms with Gasteiger partial charge in [0.05, 0.1) is 6.04 Å². The van der Waals surface area contributed by atoms with Gasteiger partial charge in [0.15, 0.2) is 0 Å². The van der Waals surface area contributed by atoms with Crippen LogP contribution in [0.2, 0.25) is 0 Å². The Hall–Kier alpha value is -2.34. The Morgan fingerprint density at radius 1 is 1.16 bits per heavy atom. The molecule has 1 atom stereocenters. The second-order valence-electron chi connectivity index (χ2n) is 9.65. The van der Waals surface area contributed by atoms with Gasteiger partial charge in [0, 0.05) is 22.9 Å². The van der Waals surface area contributed by atoms with E-state index in [1.807, 2.05) is 56.9 Å². The molecule has 2 aromatic rings. The van der Waals surface area contributed by atoms with Crippen molar-refractivity contribution in [1.82, 2.24) is 9.80 Å². The third kappa shape index (κ3) is 4.95. The molecule has 1 aliphatic carbocycles. The van der Waals surface area contributed by atoms with Crippen molar-refractivity contribution in [2.75, 3.05) is 19.7 Å². The molecule has 31 heavy (non-hydrogen) atoms. The number of hydrogen-bond acceptors (Lipinski definition) is 4. The van der Waals surface area contributed by atoms with Gasteiger partial charge >= 0.3 is 0 Å². The fraction of sp³-hybridized carbons (Fsp3) is 0.520. The van der Waals surface area contributed by atoms with E-state index in [2.05, 4.69) is 11.4 Å². The second kappa shape index (κ2) is 8.65. The number of thiophene rings is 1. The number of nitrogens with zero attached hydrogens (tertiary/aromatic N) is 2. The van der Waals surface area contributed by atoms with Crippen LogP contribution in [-0.2, 0) is 16.0 Å². The quantitative estimate of drug-likeness (QED) is 0.660. The summed E-state index contributed by atoms with van der Waals surface area (Å²) in [6.45, 7) is 9.25. The van der Waals surface area contributed by atoms with E-state index in [9.17, 15) is 9.59 Å². The number of ether oxygens (including phenoxy) is 1. The number of carbonyl (C=O) groups is 2. The SMILES string of the molecule is Cc1ccc(OCC2c3ccsc3CCN2C(=O)CN(C(=O)C2CC2)C(C)(C)C)cc1. The fourth-order valence-corrected chi connectivity index (χ4v) is 5.03. The van der Waals surface area contributed by atoms with Gasteiger partial charge in [-0.1, -0.05) is 17.7 Å². The lowest BCUT2D eigenvalue weighted by Crippen LogP contribution is -2.53. The summed E-state index contributed by atoms with van der Waals surface area (Å²) in [6, 6.07) is 9.96. The third-order valence-electron chi connectivity index (χ3n) is 6.14. The number of aryl methyl sites for hydroxylation is 1. The van der Waals surface area contributed by atoms with Gasteiger partial charge in [-0.2, -0.15) is 0 Å². The van der Waals surface area contributed by atoms with E-state index in [-0.39, 0.29) is 35.9 Å². The van der Waals surface area contributed by atoms with Gasteiger partial charge in [-0.15, -0.1) is 11.3 Å². The lowest BCUT2D eigenvalue weighted by molar-refractivity contribution is -0.147. The molecule has 5 nitrogen and oxygen atoms in total. The summed E-state index contributed by atoms with van der Waals surface area (Å²) in [4.78, 5) is 31.4. The normalized spacial score (nSPS) is 18.5. The van der Waals surface area contributed by atoms with E-state index in [1.54, 1.807) is 16.2 Å². The topological polar surface area (TPSA) is 49.9 Å². The highest BCUT2D eigenvalue weighted by Crippen LogP contribution is 2.36. The monoisotopic (exact) mass is 440 g/mol. The smallest absolute Gasteiger partial charge is 0.242 e. The molecule has 1 saturated carbocycles. The van der Waals surface area contributed by atoms with Gasteiger partial charge < -0.3 is 14.5 Å². The molecule has 0 bridgehead atoms. The second-order valence-corrected chi connectivity index (χ2v) is 10.6. The standard InChI is InChI=1S/C25H32N2O3S/c1-17-5-9-19(10-6-17)30-16-21-20-12-14-31-22(20)11-13-26(21)23(28)15-27(25(2,3)4)24(29)18-7-8-18/h5-6,9-10,12,14,18,21H,7-8,11,13,15-16H2,1-4H3. The number of hydrogen-bond donors (Lipinski definition) is 0. The largest absolute Gasteiger partial charge is 0.491 e. The molecule has 0 saturated heterocycles. The van der Waals surface area contributed by atoms with Gasteiger partial charge in [0.2, 0.25) is 11.8 Å². The van der Waals surface area contributed by atoms with E-state index in [1.165, 1.54) is 16.0 Å². The van der Waals surface area contributed by atoms with Crippen LogP contribution in [-0.4, -0.2) is 46.8 Å². The van der Waals surface area contributed by atoms with Gasteiger partial charge in [-0.05, 0) is 76.1 Å². The van der Waals surface area contributed by atoms with Crippen molar-refractivity contribution < 1.29 is 14.3 Å². The molecule has 1 aromatic heterocycles. The predicted octanol–water partition coefficient (Wildman–Crippen LogP) is 4.60. The first-order valence-corrected chi connectivity index (χ1v) is 12.0. The summed E-state index contributed by atoms with van der Waals surface area (Å²) < 4.78 is 6.11. The van der Waals surface area contributed by atoms with E-state index < -0.39 is 0 Å². The van der Waals surface area contributed by atoms with Crippen LogP contribution in [0.3, 0.4) is 0 Å². The maximum absolute atomic E-state index is 13.5. The van der Waals surface area contributed by atoms with Crippen LogP contribution in [0.25, 0.3) is 0 Å². The van der Waals surface area contributed by atoms with E-state index in [0.29, 0.717) is 13.2 Å². The molecular weight excluding hydrogens is 408 g/mol. The Labute approximate surface area is 189 Å². The molecule has 1 aromatic carbocycles. The zero-order chi connectivity index (χ0) is 22.2. The highest BCUT2D eigenvalue weighted by Gasteiger charge is 2.40. The predicted molar refractivity (Wildman–Crippen MR) is 123 cm³/mol. The van der Waals surface area contributed by atoms with Crippen molar-refractivity contribution in [2.45, 2.75) is 58.5 Å². The molecule has 2 heterocycles. The average molecular weight is 441 g/mol. The third-order valence-corrected chi connectivity index (χ3v) is 7.14. The Morgan fingerprint density at radius 2 is 1.87 bits per heavy atom. The molecule has 1 aliphatic heterocycles. The first-order chi connectivity index (χ1) is 14.7. The Kier molecular flexibility index (Phi) is 6.11. The summed E-state index contributed by atoms with van der Waals surface area (Å²) >= 11 is 1.74. The lowest BCUT2D eigenvalue weighted by Gasteiger charge is -2.40. The van der Waals surface area contributed by atoms with Crippen molar-refractivity contribution in [3.8, 4) is 5.75 Å². The molecule has 1 unspecified atom stereocenters. The van der Waals surface area contributed by atoms with Gasteiger partial charge in [-0.25, -0.2) is 0 Å². The molecule has 4 rings (SSSR count). The molecular formula is C25H32N2O3S. The minimum Gasteiger partial charge on any atom is -0.491 e. The zero-order valence-corrected chi connectivity index (χ0v) is 19.7. The van der Waals surface area contributed by atoms with Crippen molar-refractivity contribution in [3.05, 3.63) is 51.7 Å². The molecule has 0 spiro atoms. The maximum Gasteiger partial charge on any atom is 0.242 e. The Bertz CT molecular complexity index is 940. The highest BCUT2D eigenvalue weighted by atomic mass is 32.1. The van der Waals surface area contributed by atoms with Crippen LogP contribution in [0.5, 0.6) is 5.75 Å². The van der Waals surface area contributed by atoms with Crippen LogP contribution < -0.4 is 4.74 Å². The van der Waals surface area contributed by atoms with Gasteiger partial charge in [0.25, 0.3) is 0 Å². The number of benzene rings is 1. The average Bonchev–Trinajstić information content (AvgIpc) is 3.47. The number of amides is 2. The van der Waals surface area contributed by atoms with Crippen LogP contribution in [0.1, 0.15) is 55.7 Å². The molecule has 1 fully saturated rings. The van der Waals surface area contributed by atoms with Gasteiger partial charge in [0.1, 0.15) is 18.9 Å². The maximum atomic E-state index is 13.5. The minimum atomic E-state index is -0.382. The highest BCUT2D eigenvalue weighted by molar-refractivity contribution is 7.10. The molecule has 6 heteroatoms. The fourth-order valence-electron chi connectivity index (χ4n) is 4.11. The van der Waals surface area contributed by atoms with E-state index in [4.69, 9.17) is 4.74 Å². The van der Waals surface area contributed by atoms with Crippen molar-refractivity contribution >= 4 is 23.2 Å². The molecule has 2 amide bonds. The van der Waals surface area contributed by atoms with Crippen LogP contribution in [0.4, 0.5) is 0 Å². The zero-order valence-electron chi connectivity index (χ0n) is 18.9. The Morgan fingerprint density at radius 3 is 2.52 bits per heavy atom. The van der Waals surface area contributed by atoms with Crippen LogP contribution in [0.15, 0.2) is 35.7 Å². The number of carbonyl (C=O) groups excluding carboxylic acids is 2. The minimum absolute atomic E-state index is 0.00159. The lowest BCUT2D eigenvalue weighted by atomic mass is 9.99. The first-order valence-electron chi connectivity index (χ1n) is 11.1. The van der Waals surface area contributed by atoms with E-state index in [0.717, 1.165) is 25.0 Å². The van der Waals surface area contributed by atoms with Crippen molar-refractivity contribution in [1.29, 1.82) is 0 Å². The number of fused-ring (bicyclic) bond motifs is 1. The Balaban J connectivity index is 1.52. The number of rotatable bonds is 6. The molecule has 166 valence electrons. The van der Waals surface area contributed by atoms with Crippen molar-refractivity contribution in [3.63, 3.8) is 0 Å².